The third kappa shape index (κ3) is 4.10. The number of carbonyl (C=O) groups excluding carboxylic acids is 1. The molecule has 1 amide bonds. The highest BCUT2D eigenvalue weighted by molar-refractivity contribution is 8.19. The molecule has 1 aliphatic rings. The Morgan fingerprint density at radius 1 is 1.10 bits per heavy atom. The molecule has 0 atom stereocenters. The van der Waals surface area contributed by atoms with E-state index in [1.807, 2.05) is 60.8 Å². The number of hydrogen-bond acceptors (Lipinski definition) is 7. The molecular formula is C22H19N3O3S2. The Morgan fingerprint density at radius 3 is 2.57 bits per heavy atom. The third-order valence-corrected chi connectivity index (χ3v) is 6.16. The summed E-state index contributed by atoms with van der Waals surface area (Å²) < 4.78 is 10.8. The summed E-state index contributed by atoms with van der Waals surface area (Å²) in [4.78, 5) is 24.5. The zero-order valence-electron chi connectivity index (χ0n) is 16.7. The minimum atomic E-state index is -0.150. The lowest BCUT2D eigenvalue weighted by Gasteiger charge is -2.15. The van der Waals surface area contributed by atoms with Crippen LogP contribution < -0.4 is 14.4 Å². The number of thioether (sulfide) groups is 1. The van der Waals surface area contributed by atoms with Crippen molar-refractivity contribution in [2.24, 2.45) is 4.99 Å². The molecule has 2 heterocycles. The van der Waals surface area contributed by atoms with Crippen LogP contribution in [0.4, 0.5) is 10.8 Å². The zero-order chi connectivity index (χ0) is 21.1. The van der Waals surface area contributed by atoms with Crippen molar-refractivity contribution in [3.8, 4) is 11.5 Å². The van der Waals surface area contributed by atoms with Gasteiger partial charge in [-0.3, -0.25) is 9.69 Å². The minimum absolute atomic E-state index is 0.150. The second-order valence-corrected chi connectivity index (χ2v) is 8.21. The van der Waals surface area contributed by atoms with Gasteiger partial charge in [0.25, 0.3) is 5.91 Å². The number of para-hydroxylation sites is 1. The number of amidine groups is 1. The van der Waals surface area contributed by atoms with E-state index in [-0.39, 0.29) is 5.91 Å². The van der Waals surface area contributed by atoms with E-state index in [0.29, 0.717) is 26.7 Å². The van der Waals surface area contributed by atoms with E-state index < -0.39 is 0 Å². The van der Waals surface area contributed by atoms with Gasteiger partial charge >= 0.3 is 0 Å². The van der Waals surface area contributed by atoms with Gasteiger partial charge in [0.1, 0.15) is 11.5 Å². The molecule has 0 spiro atoms. The summed E-state index contributed by atoms with van der Waals surface area (Å²) in [6.45, 7) is 1.92. The molecule has 0 radical (unpaired) electrons. The first-order valence-electron chi connectivity index (χ1n) is 9.11. The highest BCUT2D eigenvalue weighted by atomic mass is 32.2. The fourth-order valence-corrected chi connectivity index (χ4v) is 4.62. The molecule has 0 aliphatic carbocycles. The van der Waals surface area contributed by atoms with E-state index in [2.05, 4.69) is 9.98 Å². The Balaban J connectivity index is 1.79. The van der Waals surface area contributed by atoms with Crippen LogP contribution >= 0.6 is 23.1 Å². The van der Waals surface area contributed by atoms with Crippen molar-refractivity contribution in [2.75, 3.05) is 19.1 Å². The van der Waals surface area contributed by atoms with Crippen LogP contribution in [0.15, 0.2) is 63.8 Å². The van der Waals surface area contributed by atoms with Crippen LogP contribution in [0, 0.1) is 6.92 Å². The van der Waals surface area contributed by atoms with Gasteiger partial charge in [0.05, 0.1) is 30.5 Å². The lowest BCUT2D eigenvalue weighted by Crippen LogP contribution is -2.28. The molecule has 1 aliphatic heterocycles. The van der Waals surface area contributed by atoms with Gasteiger partial charge in [-0.2, -0.15) is 4.99 Å². The van der Waals surface area contributed by atoms with Gasteiger partial charge in [0, 0.05) is 10.9 Å². The molecule has 3 aromatic rings. The summed E-state index contributed by atoms with van der Waals surface area (Å²) in [6.07, 6.45) is 1.81. The van der Waals surface area contributed by atoms with Crippen LogP contribution in [0.1, 0.15) is 11.3 Å². The van der Waals surface area contributed by atoms with Crippen LogP contribution in [0.25, 0.3) is 6.08 Å². The lowest BCUT2D eigenvalue weighted by molar-refractivity contribution is -0.113. The molecule has 0 saturated carbocycles. The van der Waals surface area contributed by atoms with Gasteiger partial charge in [-0.1, -0.05) is 18.2 Å². The Bertz CT molecular complexity index is 1140. The predicted octanol–water partition coefficient (Wildman–Crippen LogP) is 5.28. The molecule has 0 N–H and O–H groups in total. The van der Waals surface area contributed by atoms with Crippen molar-refractivity contribution in [3.63, 3.8) is 0 Å². The number of carbonyl (C=O) groups is 1. The van der Waals surface area contributed by atoms with E-state index in [1.165, 1.54) is 23.1 Å². The van der Waals surface area contributed by atoms with Crippen molar-refractivity contribution in [3.05, 3.63) is 70.1 Å². The minimum Gasteiger partial charge on any atom is -0.497 e. The number of anilines is 1. The predicted molar refractivity (Wildman–Crippen MR) is 123 cm³/mol. The number of amides is 1. The molecule has 30 heavy (non-hydrogen) atoms. The summed E-state index contributed by atoms with van der Waals surface area (Å²) in [5, 5.41) is 3.11. The molecule has 1 fully saturated rings. The Labute approximate surface area is 182 Å². The number of benzene rings is 2. The highest BCUT2D eigenvalue weighted by Crippen LogP contribution is 2.39. The van der Waals surface area contributed by atoms with E-state index in [1.54, 1.807) is 25.2 Å². The van der Waals surface area contributed by atoms with Crippen LogP contribution in [0.3, 0.4) is 0 Å². The van der Waals surface area contributed by atoms with Crippen molar-refractivity contribution in [1.29, 1.82) is 0 Å². The van der Waals surface area contributed by atoms with Crippen LogP contribution in [-0.2, 0) is 4.79 Å². The Morgan fingerprint density at radius 2 is 1.90 bits per heavy atom. The third-order valence-electron chi connectivity index (χ3n) is 4.34. The first-order chi connectivity index (χ1) is 14.6. The Kier molecular flexibility index (Phi) is 5.87. The summed E-state index contributed by atoms with van der Waals surface area (Å²) in [5.41, 5.74) is 2.41. The quantitative estimate of drug-likeness (QED) is 0.508. The summed E-state index contributed by atoms with van der Waals surface area (Å²) in [7, 11) is 3.20. The van der Waals surface area contributed by atoms with Gasteiger partial charge in [-0.05, 0) is 55.1 Å². The van der Waals surface area contributed by atoms with Crippen LogP contribution in [-0.4, -0.2) is 30.3 Å². The smallest absolute Gasteiger partial charge is 0.271 e. The number of aryl methyl sites for hydroxylation is 1. The largest absolute Gasteiger partial charge is 0.497 e. The number of thiazole rings is 1. The van der Waals surface area contributed by atoms with Gasteiger partial charge in [-0.25, -0.2) is 4.98 Å². The monoisotopic (exact) mass is 437 g/mol. The fourth-order valence-electron chi connectivity index (χ4n) is 2.92. The van der Waals surface area contributed by atoms with Crippen LogP contribution in [0.5, 0.6) is 11.5 Å². The van der Waals surface area contributed by atoms with Crippen molar-refractivity contribution >= 4 is 51.1 Å². The first kappa shape index (κ1) is 20.2. The standard InChI is InChI=1S/C22H19N3O3S2/c1-14-13-29-21(23-14)24-22-25(16-7-5-4-6-8-16)20(26)19(30-22)12-15-11-17(27-2)9-10-18(15)28-3/h4-13H,1-3H3/b19-12-,24-22+. The molecule has 1 saturated heterocycles. The summed E-state index contributed by atoms with van der Waals surface area (Å²) in [5.74, 6) is 1.19. The molecular weight excluding hydrogens is 418 g/mol. The molecule has 8 heteroatoms. The molecule has 0 bridgehead atoms. The van der Waals surface area contributed by atoms with Gasteiger partial charge in [-0.15, -0.1) is 11.3 Å². The number of aromatic nitrogens is 1. The van der Waals surface area contributed by atoms with E-state index >= 15 is 0 Å². The number of methoxy groups -OCH3 is 2. The molecule has 2 aromatic carbocycles. The normalized spacial score (nSPS) is 16.5. The number of rotatable bonds is 5. The number of ether oxygens (including phenoxy) is 2. The first-order valence-corrected chi connectivity index (χ1v) is 10.8. The molecule has 1 aromatic heterocycles. The van der Waals surface area contributed by atoms with Crippen LogP contribution in [0.2, 0.25) is 0 Å². The zero-order valence-corrected chi connectivity index (χ0v) is 18.3. The summed E-state index contributed by atoms with van der Waals surface area (Å²) >= 11 is 2.76. The van der Waals surface area contributed by atoms with Gasteiger partial charge in [0.15, 0.2) is 5.17 Å². The topological polar surface area (TPSA) is 64.0 Å². The molecule has 6 nitrogen and oxygen atoms in total. The van der Waals surface area contributed by atoms with Gasteiger partial charge < -0.3 is 9.47 Å². The molecule has 0 unspecified atom stereocenters. The number of nitrogens with zero attached hydrogens (tertiary/aromatic N) is 3. The molecule has 4 rings (SSSR count). The molecule has 152 valence electrons. The van der Waals surface area contributed by atoms with E-state index in [0.717, 1.165) is 16.9 Å². The second-order valence-electron chi connectivity index (χ2n) is 6.36. The SMILES string of the molecule is COc1ccc(OC)c(/C=C2\S/C(=N/c3nc(C)cs3)N(c3ccccc3)C2=O)c1. The van der Waals surface area contributed by atoms with E-state index in [4.69, 9.17) is 9.47 Å². The maximum absolute atomic E-state index is 13.3. The number of aliphatic imine (C=N–C) groups is 1. The van der Waals surface area contributed by atoms with Crippen molar-refractivity contribution in [1.82, 2.24) is 4.98 Å². The average Bonchev–Trinajstić information content (AvgIpc) is 3.31. The average molecular weight is 438 g/mol. The van der Waals surface area contributed by atoms with Crippen molar-refractivity contribution < 1.29 is 14.3 Å². The maximum Gasteiger partial charge on any atom is 0.271 e. The maximum atomic E-state index is 13.3. The van der Waals surface area contributed by atoms with Crippen molar-refractivity contribution in [2.45, 2.75) is 6.92 Å². The fraction of sp³-hybridized carbons (Fsp3) is 0.136. The number of hydrogen-bond donors (Lipinski definition) is 0. The van der Waals surface area contributed by atoms with E-state index in [9.17, 15) is 4.79 Å². The summed E-state index contributed by atoms with van der Waals surface area (Å²) in [6, 6.07) is 14.9. The Hall–Kier alpha value is -3.10. The highest BCUT2D eigenvalue weighted by Gasteiger charge is 2.35. The van der Waals surface area contributed by atoms with Gasteiger partial charge in [0.2, 0.25) is 5.13 Å². The second kappa shape index (κ2) is 8.73. The lowest BCUT2D eigenvalue weighted by atomic mass is 10.1.